The van der Waals surface area contributed by atoms with Gasteiger partial charge in [-0.1, -0.05) is 19.1 Å². The first-order chi connectivity index (χ1) is 9.33. The first-order valence-electron chi connectivity index (χ1n) is 7.24. The summed E-state index contributed by atoms with van der Waals surface area (Å²) >= 11 is 0. The van der Waals surface area contributed by atoms with E-state index in [-0.39, 0.29) is 0 Å². The number of hydrogen-bond donors (Lipinski definition) is 0. The molecular formula is C16H23N2O. The van der Waals surface area contributed by atoms with Crippen LogP contribution >= 0.6 is 0 Å². The molecule has 1 radical (unpaired) electrons. The number of hydrogen-bond acceptors (Lipinski definition) is 3. The van der Waals surface area contributed by atoms with Crippen molar-refractivity contribution in [3.05, 3.63) is 29.8 Å². The fourth-order valence-electron chi connectivity index (χ4n) is 2.61. The quantitative estimate of drug-likeness (QED) is 0.783. The molecule has 3 nitrogen and oxygen atoms in total. The lowest BCUT2D eigenvalue weighted by Crippen LogP contribution is -2.46. The van der Waals surface area contributed by atoms with Crippen LogP contribution in [0.5, 0.6) is 0 Å². The van der Waals surface area contributed by atoms with Crippen molar-refractivity contribution in [1.29, 1.82) is 0 Å². The predicted molar refractivity (Wildman–Crippen MR) is 79.4 cm³/mol. The highest BCUT2D eigenvalue weighted by molar-refractivity contribution is 5.52. The lowest BCUT2D eigenvalue weighted by molar-refractivity contribution is 0.258. The molecule has 0 spiro atoms. The van der Waals surface area contributed by atoms with Gasteiger partial charge in [0.25, 0.3) is 0 Å². The van der Waals surface area contributed by atoms with E-state index >= 15 is 0 Å². The van der Waals surface area contributed by atoms with Gasteiger partial charge in [0.1, 0.15) is 0 Å². The molecule has 1 aromatic rings. The molecule has 1 fully saturated rings. The second-order valence-corrected chi connectivity index (χ2v) is 5.14. The van der Waals surface area contributed by atoms with Crippen molar-refractivity contribution in [2.75, 3.05) is 37.6 Å². The minimum Gasteiger partial charge on any atom is -0.369 e. The summed E-state index contributed by atoms with van der Waals surface area (Å²) in [4.78, 5) is 15.2. The maximum Gasteiger partial charge on any atom is 0.198 e. The van der Waals surface area contributed by atoms with Gasteiger partial charge in [0.2, 0.25) is 0 Å². The first-order valence-corrected chi connectivity index (χ1v) is 7.24. The van der Waals surface area contributed by atoms with E-state index in [0.717, 1.165) is 32.6 Å². The minimum atomic E-state index is 0.495. The Morgan fingerprint density at radius 2 is 1.79 bits per heavy atom. The highest BCUT2D eigenvalue weighted by atomic mass is 16.1. The van der Waals surface area contributed by atoms with Crippen molar-refractivity contribution in [2.24, 2.45) is 0 Å². The van der Waals surface area contributed by atoms with Gasteiger partial charge in [0, 0.05) is 38.3 Å². The van der Waals surface area contributed by atoms with Gasteiger partial charge in [0.15, 0.2) is 6.29 Å². The Morgan fingerprint density at radius 1 is 1.11 bits per heavy atom. The average molecular weight is 259 g/mol. The van der Waals surface area contributed by atoms with Crippen LogP contribution in [0.4, 0.5) is 5.69 Å². The first kappa shape index (κ1) is 14.1. The smallest absolute Gasteiger partial charge is 0.198 e. The van der Waals surface area contributed by atoms with E-state index in [2.05, 4.69) is 41.0 Å². The molecular weight excluding hydrogens is 236 g/mol. The highest BCUT2D eigenvalue weighted by Crippen LogP contribution is 2.18. The molecule has 0 atom stereocenters. The average Bonchev–Trinajstić information content (AvgIpc) is 2.47. The summed E-state index contributed by atoms with van der Waals surface area (Å²) in [5, 5.41) is 0. The van der Waals surface area contributed by atoms with E-state index < -0.39 is 0 Å². The van der Waals surface area contributed by atoms with E-state index in [9.17, 15) is 4.79 Å². The fraction of sp³-hybridized carbons (Fsp3) is 0.562. The van der Waals surface area contributed by atoms with Crippen LogP contribution in [-0.4, -0.2) is 43.9 Å². The molecule has 1 aliphatic rings. The number of benzene rings is 1. The van der Waals surface area contributed by atoms with E-state index in [0.29, 0.717) is 6.42 Å². The van der Waals surface area contributed by atoms with E-state index in [1.807, 2.05) is 6.29 Å². The van der Waals surface area contributed by atoms with E-state index in [1.165, 1.54) is 24.2 Å². The van der Waals surface area contributed by atoms with Gasteiger partial charge in [-0.05, 0) is 37.1 Å². The zero-order valence-corrected chi connectivity index (χ0v) is 11.8. The SMILES string of the molecule is CCCN1CCN(c2ccc(CC[C]=O)cc2)CC1. The summed E-state index contributed by atoms with van der Waals surface area (Å²) in [6.07, 6.45) is 4.48. The summed E-state index contributed by atoms with van der Waals surface area (Å²) in [6, 6.07) is 8.61. The third kappa shape index (κ3) is 4.06. The highest BCUT2D eigenvalue weighted by Gasteiger charge is 2.16. The molecule has 0 saturated carbocycles. The second kappa shape index (κ2) is 7.29. The minimum absolute atomic E-state index is 0.495. The summed E-state index contributed by atoms with van der Waals surface area (Å²) < 4.78 is 0. The van der Waals surface area contributed by atoms with Crippen LogP contribution in [0.1, 0.15) is 25.3 Å². The molecule has 0 aromatic heterocycles. The molecule has 1 aliphatic heterocycles. The number of rotatable bonds is 6. The van der Waals surface area contributed by atoms with Gasteiger partial charge in [-0.3, -0.25) is 9.69 Å². The van der Waals surface area contributed by atoms with Gasteiger partial charge in [-0.25, -0.2) is 0 Å². The maximum atomic E-state index is 10.2. The van der Waals surface area contributed by atoms with Crippen LogP contribution in [0.15, 0.2) is 24.3 Å². The summed E-state index contributed by atoms with van der Waals surface area (Å²) in [5.41, 5.74) is 2.52. The Kier molecular flexibility index (Phi) is 5.40. The number of aryl methyl sites for hydroxylation is 1. The third-order valence-corrected chi connectivity index (χ3v) is 3.73. The summed E-state index contributed by atoms with van der Waals surface area (Å²) in [5.74, 6) is 0. The van der Waals surface area contributed by atoms with Crippen molar-refractivity contribution in [3.8, 4) is 0 Å². The molecule has 1 aromatic carbocycles. The van der Waals surface area contributed by atoms with Gasteiger partial charge in [-0.2, -0.15) is 0 Å². The standard InChI is InChI=1S/C16H23N2O/c1-2-9-17-10-12-18(13-11-17)16-7-5-15(6-8-16)4-3-14-19/h5-8H,2-4,9-13H2,1H3. The Morgan fingerprint density at radius 3 is 2.37 bits per heavy atom. The molecule has 19 heavy (non-hydrogen) atoms. The number of carbonyl (C=O) groups excluding carboxylic acids is 1. The maximum absolute atomic E-state index is 10.2. The van der Waals surface area contributed by atoms with E-state index in [1.54, 1.807) is 0 Å². The molecule has 0 amide bonds. The largest absolute Gasteiger partial charge is 0.369 e. The van der Waals surface area contributed by atoms with Crippen molar-refractivity contribution in [3.63, 3.8) is 0 Å². The van der Waals surface area contributed by atoms with Crippen LogP contribution in [0.3, 0.4) is 0 Å². The Balaban J connectivity index is 1.87. The fourth-order valence-corrected chi connectivity index (χ4v) is 2.61. The van der Waals surface area contributed by atoms with Crippen LogP contribution < -0.4 is 4.90 Å². The molecule has 0 N–H and O–H groups in total. The van der Waals surface area contributed by atoms with Crippen LogP contribution in [-0.2, 0) is 11.2 Å². The molecule has 0 aliphatic carbocycles. The molecule has 0 bridgehead atoms. The molecule has 103 valence electrons. The molecule has 1 saturated heterocycles. The monoisotopic (exact) mass is 259 g/mol. The topological polar surface area (TPSA) is 23.6 Å². The van der Waals surface area contributed by atoms with Crippen molar-refractivity contribution < 1.29 is 4.79 Å². The van der Waals surface area contributed by atoms with E-state index in [4.69, 9.17) is 0 Å². The lowest BCUT2D eigenvalue weighted by atomic mass is 10.1. The van der Waals surface area contributed by atoms with Crippen molar-refractivity contribution in [1.82, 2.24) is 4.90 Å². The normalized spacial score (nSPS) is 16.6. The second-order valence-electron chi connectivity index (χ2n) is 5.14. The summed E-state index contributed by atoms with van der Waals surface area (Å²) in [7, 11) is 0. The van der Waals surface area contributed by atoms with Crippen molar-refractivity contribution in [2.45, 2.75) is 26.2 Å². The third-order valence-electron chi connectivity index (χ3n) is 3.73. The van der Waals surface area contributed by atoms with Gasteiger partial charge in [-0.15, -0.1) is 0 Å². The van der Waals surface area contributed by atoms with Crippen LogP contribution in [0.2, 0.25) is 0 Å². The van der Waals surface area contributed by atoms with Gasteiger partial charge >= 0.3 is 0 Å². The Bertz CT molecular complexity index is 380. The van der Waals surface area contributed by atoms with Crippen molar-refractivity contribution >= 4 is 12.0 Å². The number of anilines is 1. The zero-order chi connectivity index (χ0) is 13.5. The Hall–Kier alpha value is -1.35. The zero-order valence-electron chi connectivity index (χ0n) is 11.8. The molecule has 2 rings (SSSR count). The summed E-state index contributed by atoms with van der Waals surface area (Å²) in [6.45, 7) is 8.01. The number of piperazine rings is 1. The predicted octanol–water partition coefficient (Wildman–Crippen LogP) is 2.26. The van der Waals surface area contributed by atoms with Crippen LogP contribution in [0, 0.1) is 0 Å². The van der Waals surface area contributed by atoms with Gasteiger partial charge in [0.05, 0.1) is 0 Å². The number of nitrogens with zero attached hydrogens (tertiary/aromatic N) is 2. The lowest BCUT2D eigenvalue weighted by Gasteiger charge is -2.36. The molecule has 0 unspecified atom stereocenters. The Labute approximate surface area is 116 Å². The van der Waals surface area contributed by atoms with Gasteiger partial charge < -0.3 is 4.90 Å². The molecule has 1 heterocycles. The van der Waals surface area contributed by atoms with Crippen LogP contribution in [0.25, 0.3) is 0 Å². The molecule has 3 heteroatoms.